The van der Waals surface area contributed by atoms with Crippen LogP contribution in [0.25, 0.3) is 21.9 Å². The molecular formula is C16H13F2Zr. The molecule has 0 spiro atoms. The van der Waals surface area contributed by atoms with Crippen LogP contribution in [-0.4, -0.2) is 0 Å². The fraction of sp³-hybridized carbons (Fsp3) is 0.0625. The first-order valence-corrected chi connectivity index (χ1v) is 5.56. The summed E-state index contributed by atoms with van der Waals surface area (Å²) in [6.45, 7) is 2.15. The fourth-order valence-electron chi connectivity index (χ4n) is 2.25. The summed E-state index contributed by atoms with van der Waals surface area (Å²) in [6, 6.07) is 21.6. The molecule has 3 aromatic carbocycles. The molecule has 0 saturated carbocycles. The molecule has 0 heterocycles. The minimum atomic E-state index is 0. The average Bonchev–Trinajstić information content (AvgIpc) is 2.70. The molecule has 3 heteroatoms. The van der Waals surface area contributed by atoms with E-state index < -0.39 is 0 Å². The molecule has 0 aliphatic carbocycles. The number of hydrogen-bond donors (Lipinski definition) is 0. The first-order valence-electron chi connectivity index (χ1n) is 5.56. The summed E-state index contributed by atoms with van der Waals surface area (Å²) in [6.07, 6.45) is 0. The Morgan fingerprint density at radius 1 is 0.842 bits per heavy atom. The van der Waals surface area contributed by atoms with Crippen LogP contribution in [0.1, 0.15) is 5.56 Å². The maximum atomic E-state index is 2.26. The van der Waals surface area contributed by atoms with Crippen molar-refractivity contribution >= 4 is 10.8 Å². The third kappa shape index (κ3) is 3.42. The third-order valence-corrected chi connectivity index (χ3v) is 2.98. The molecule has 95 valence electrons. The zero-order valence-electron chi connectivity index (χ0n) is 10.5. The molecule has 0 aromatic heterocycles. The first-order chi connectivity index (χ1) is 7.84. The summed E-state index contributed by atoms with van der Waals surface area (Å²) in [5.41, 5.74) is 3.95. The smallest absolute Gasteiger partial charge is 1.00 e. The van der Waals surface area contributed by atoms with Crippen molar-refractivity contribution < 1.29 is 35.6 Å². The zero-order valence-corrected chi connectivity index (χ0v) is 13.0. The van der Waals surface area contributed by atoms with E-state index in [9.17, 15) is 0 Å². The van der Waals surface area contributed by atoms with Crippen molar-refractivity contribution in [2.45, 2.75) is 6.92 Å². The van der Waals surface area contributed by atoms with Gasteiger partial charge >= 0.3 is 26.2 Å². The molecule has 0 atom stereocenters. The van der Waals surface area contributed by atoms with Gasteiger partial charge in [-0.25, -0.2) is 0 Å². The van der Waals surface area contributed by atoms with Crippen LogP contribution >= 0.6 is 0 Å². The summed E-state index contributed by atoms with van der Waals surface area (Å²) in [7, 11) is 0. The van der Waals surface area contributed by atoms with E-state index in [1.165, 1.54) is 27.5 Å². The molecule has 1 radical (unpaired) electrons. The second kappa shape index (κ2) is 7.40. The number of aryl methyl sites for hydroxylation is 1. The predicted octanol–water partition coefficient (Wildman–Crippen LogP) is -1.46. The number of hydrogen-bond acceptors (Lipinski definition) is 0. The van der Waals surface area contributed by atoms with Gasteiger partial charge in [-0.15, -0.1) is 34.5 Å². The van der Waals surface area contributed by atoms with Crippen LogP contribution in [0.15, 0.2) is 60.7 Å². The molecule has 0 amide bonds. The average molecular weight is 334 g/mol. The van der Waals surface area contributed by atoms with E-state index in [0.717, 1.165) is 0 Å². The summed E-state index contributed by atoms with van der Waals surface area (Å²) in [4.78, 5) is 0. The zero-order chi connectivity index (χ0) is 11.0. The van der Waals surface area contributed by atoms with Gasteiger partial charge in [0.05, 0.1) is 0 Å². The van der Waals surface area contributed by atoms with Crippen molar-refractivity contribution in [3.8, 4) is 11.1 Å². The molecule has 3 rings (SSSR count). The summed E-state index contributed by atoms with van der Waals surface area (Å²) in [5, 5.41) is 2.69. The summed E-state index contributed by atoms with van der Waals surface area (Å²) in [5.74, 6) is 0. The second-order valence-corrected chi connectivity index (χ2v) is 4.21. The number of halogens is 2. The van der Waals surface area contributed by atoms with Crippen LogP contribution in [0.4, 0.5) is 0 Å². The molecule has 0 N–H and O–H groups in total. The number of benzene rings is 2. The third-order valence-electron chi connectivity index (χ3n) is 2.98. The minimum absolute atomic E-state index is 0. The molecule has 0 bridgehead atoms. The Labute approximate surface area is 130 Å². The molecule has 0 aliphatic heterocycles. The van der Waals surface area contributed by atoms with Crippen molar-refractivity contribution in [2.24, 2.45) is 0 Å². The molecule has 0 aliphatic rings. The van der Waals surface area contributed by atoms with Crippen LogP contribution in [0.3, 0.4) is 0 Å². The molecule has 3 aromatic rings. The van der Waals surface area contributed by atoms with Crippen molar-refractivity contribution in [3.05, 3.63) is 66.2 Å². The summed E-state index contributed by atoms with van der Waals surface area (Å²) >= 11 is 0. The van der Waals surface area contributed by atoms with Gasteiger partial charge in [0.25, 0.3) is 0 Å². The Bertz CT molecular complexity index is 630. The Balaban J connectivity index is 0.00000108. The van der Waals surface area contributed by atoms with Crippen LogP contribution in [0, 0.1) is 6.92 Å². The van der Waals surface area contributed by atoms with E-state index in [-0.39, 0.29) is 35.6 Å². The van der Waals surface area contributed by atoms with E-state index >= 15 is 0 Å². The summed E-state index contributed by atoms with van der Waals surface area (Å²) < 4.78 is 0. The van der Waals surface area contributed by atoms with Crippen molar-refractivity contribution in [1.29, 1.82) is 0 Å². The Morgan fingerprint density at radius 2 is 1.53 bits per heavy atom. The molecule has 0 nitrogen and oxygen atoms in total. The molecule has 19 heavy (non-hydrogen) atoms. The molecular weight excluding hydrogens is 321 g/mol. The van der Waals surface area contributed by atoms with Gasteiger partial charge < -0.3 is 9.41 Å². The molecule has 0 saturated heterocycles. The van der Waals surface area contributed by atoms with Gasteiger partial charge in [0.15, 0.2) is 0 Å². The van der Waals surface area contributed by atoms with Gasteiger partial charge in [-0.3, -0.25) is 0 Å². The second-order valence-electron chi connectivity index (χ2n) is 4.21. The van der Waals surface area contributed by atoms with Crippen LogP contribution in [0.5, 0.6) is 0 Å². The van der Waals surface area contributed by atoms with E-state index in [2.05, 4.69) is 67.6 Å². The Morgan fingerprint density at radius 3 is 2.21 bits per heavy atom. The number of fused-ring (bicyclic) bond motifs is 1. The fourth-order valence-corrected chi connectivity index (χ4v) is 2.25. The SMILES string of the molecule is Cc1cc2c(-c3ccccc3)cccc2[cH-]1.[F-].[F-].[Zr+3]. The first kappa shape index (κ1) is 17.8. The monoisotopic (exact) mass is 333 g/mol. The van der Waals surface area contributed by atoms with E-state index in [1.807, 2.05) is 0 Å². The van der Waals surface area contributed by atoms with E-state index in [0.29, 0.717) is 0 Å². The largest absolute Gasteiger partial charge is 3.00 e. The Kier molecular flexibility index (Phi) is 6.93. The standard InChI is InChI=1S/C16H13.2FH.Zr/c1-12-10-14-8-5-9-15(16(14)11-12)13-6-3-2-4-7-13;;;/h2-11H,1H3;2*1H;/q-1;;;+3/p-2. The van der Waals surface area contributed by atoms with Crippen LogP contribution in [0.2, 0.25) is 0 Å². The number of rotatable bonds is 1. The van der Waals surface area contributed by atoms with Gasteiger partial charge in [-0.1, -0.05) is 48.9 Å². The maximum absolute atomic E-state index is 2.26. The predicted molar refractivity (Wildman–Crippen MR) is 69.7 cm³/mol. The maximum Gasteiger partial charge on any atom is 3.00 e. The van der Waals surface area contributed by atoms with Gasteiger partial charge in [-0.05, 0) is 5.56 Å². The van der Waals surface area contributed by atoms with Gasteiger partial charge in [0.1, 0.15) is 0 Å². The van der Waals surface area contributed by atoms with Crippen molar-refractivity contribution in [1.82, 2.24) is 0 Å². The van der Waals surface area contributed by atoms with Crippen molar-refractivity contribution in [2.75, 3.05) is 0 Å². The Hall–Kier alpha value is -1.21. The molecule has 0 fully saturated rings. The van der Waals surface area contributed by atoms with Crippen LogP contribution < -0.4 is 9.41 Å². The van der Waals surface area contributed by atoms with Gasteiger partial charge in [-0.2, -0.15) is 6.07 Å². The molecule has 0 unspecified atom stereocenters. The van der Waals surface area contributed by atoms with Gasteiger partial charge in [0.2, 0.25) is 0 Å². The normalized spacial score (nSPS) is 9.11. The minimum Gasteiger partial charge on any atom is -1.00 e. The van der Waals surface area contributed by atoms with Crippen molar-refractivity contribution in [3.63, 3.8) is 0 Å². The quantitative estimate of drug-likeness (QED) is 0.477. The topological polar surface area (TPSA) is 0 Å². The van der Waals surface area contributed by atoms with Crippen LogP contribution in [-0.2, 0) is 26.2 Å². The van der Waals surface area contributed by atoms with E-state index in [4.69, 9.17) is 0 Å². The van der Waals surface area contributed by atoms with Gasteiger partial charge in [0, 0.05) is 0 Å². The van der Waals surface area contributed by atoms with E-state index in [1.54, 1.807) is 0 Å².